The molecule has 1 fully saturated rings. The van der Waals surface area contributed by atoms with Crippen LogP contribution in [0.3, 0.4) is 0 Å². The minimum absolute atomic E-state index is 0.0853. The normalized spacial score (nSPS) is 21.2. The van der Waals surface area contributed by atoms with Gasteiger partial charge in [-0.2, -0.15) is 5.10 Å². The lowest BCUT2D eigenvalue weighted by atomic mass is 9.87. The third-order valence-corrected chi connectivity index (χ3v) is 5.64. The Bertz CT molecular complexity index is 1030. The molecule has 0 unspecified atom stereocenters. The first kappa shape index (κ1) is 18.6. The first-order valence-electron chi connectivity index (χ1n) is 10.1. The summed E-state index contributed by atoms with van der Waals surface area (Å²) in [6, 6.07) is 3.75. The highest BCUT2D eigenvalue weighted by molar-refractivity contribution is 5.99. The third kappa shape index (κ3) is 3.73. The molecular formula is C20H22N8O2. The summed E-state index contributed by atoms with van der Waals surface area (Å²) in [6.45, 7) is 0.986. The molecule has 10 heteroatoms. The van der Waals surface area contributed by atoms with Gasteiger partial charge in [-0.1, -0.05) is 0 Å². The molecule has 10 nitrogen and oxygen atoms in total. The molecule has 0 saturated heterocycles. The van der Waals surface area contributed by atoms with E-state index in [1.54, 1.807) is 12.4 Å². The number of rotatable bonds is 4. The highest BCUT2D eigenvalue weighted by atomic mass is 16.3. The smallest absolute Gasteiger partial charge is 0.245 e. The zero-order valence-corrected chi connectivity index (χ0v) is 16.3. The third-order valence-electron chi connectivity index (χ3n) is 5.64. The van der Waals surface area contributed by atoms with E-state index >= 15 is 0 Å². The van der Waals surface area contributed by atoms with E-state index < -0.39 is 0 Å². The van der Waals surface area contributed by atoms with Gasteiger partial charge in [0.05, 0.1) is 24.5 Å². The van der Waals surface area contributed by atoms with Crippen molar-refractivity contribution in [3.8, 4) is 22.8 Å². The van der Waals surface area contributed by atoms with Crippen molar-refractivity contribution in [3.05, 3.63) is 30.9 Å². The number of anilines is 2. The van der Waals surface area contributed by atoms with Crippen LogP contribution in [0, 0.1) is 5.92 Å². The second kappa shape index (κ2) is 7.79. The zero-order chi connectivity index (χ0) is 20.5. The topological polar surface area (TPSA) is 133 Å². The van der Waals surface area contributed by atoms with E-state index in [1.807, 2.05) is 17.0 Å². The van der Waals surface area contributed by atoms with Crippen LogP contribution in [0.15, 0.2) is 30.9 Å². The van der Waals surface area contributed by atoms with Crippen LogP contribution in [0.4, 0.5) is 11.6 Å². The van der Waals surface area contributed by atoms with Crippen LogP contribution in [0.1, 0.15) is 25.7 Å². The van der Waals surface area contributed by atoms with Crippen LogP contribution in [-0.4, -0.2) is 60.3 Å². The van der Waals surface area contributed by atoms with Crippen LogP contribution < -0.4 is 10.2 Å². The number of hydrogen-bond donors (Lipinski definition) is 3. The van der Waals surface area contributed by atoms with Crippen LogP contribution in [-0.2, 0) is 4.79 Å². The largest absolute Gasteiger partial charge is 0.393 e. The van der Waals surface area contributed by atoms with Gasteiger partial charge in [-0.05, 0) is 43.7 Å². The molecule has 154 valence electrons. The van der Waals surface area contributed by atoms with Crippen LogP contribution >= 0.6 is 0 Å². The maximum atomic E-state index is 12.1. The van der Waals surface area contributed by atoms with Gasteiger partial charge in [-0.25, -0.2) is 15.0 Å². The molecule has 1 saturated carbocycles. The molecule has 30 heavy (non-hydrogen) atoms. The number of aromatic amines is 1. The molecule has 0 radical (unpaired) electrons. The average Bonchev–Trinajstić information content (AvgIpc) is 3.30. The molecule has 3 aromatic rings. The minimum Gasteiger partial charge on any atom is -0.393 e. The summed E-state index contributed by atoms with van der Waals surface area (Å²) < 4.78 is 0. The Balaban J connectivity index is 1.40. The number of nitrogens with zero attached hydrogens (tertiary/aromatic N) is 6. The highest BCUT2D eigenvalue weighted by Gasteiger charge is 2.29. The fourth-order valence-electron chi connectivity index (χ4n) is 4.05. The number of H-pyrrole nitrogens is 1. The van der Waals surface area contributed by atoms with Crippen molar-refractivity contribution >= 4 is 17.5 Å². The van der Waals surface area contributed by atoms with Crippen molar-refractivity contribution in [1.82, 2.24) is 30.1 Å². The molecule has 3 N–H and O–H groups in total. The molecule has 0 aromatic carbocycles. The lowest BCUT2D eigenvalue weighted by molar-refractivity contribution is -0.115. The van der Waals surface area contributed by atoms with Crippen LogP contribution in [0.5, 0.6) is 0 Å². The number of carbonyl (C=O) groups excluding carboxylic acids is 1. The monoisotopic (exact) mass is 406 g/mol. The summed E-state index contributed by atoms with van der Waals surface area (Å²) in [5, 5.41) is 19.3. The van der Waals surface area contributed by atoms with Gasteiger partial charge in [0.1, 0.15) is 12.0 Å². The number of aliphatic hydroxyl groups is 1. The molecular weight excluding hydrogens is 384 g/mol. The van der Waals surface area contributed by atoms with E-state index in [9.17, 15) is 9.90 Å². The Morgan fingerprint density at radius 1 is 1.07 bits per heavy atom. The molecule has 5 rings (SSSR count). The number of hydrogen-bond acceptors (Lipinski definition) is 8. The maximum Gasteiger partial charge on any atom is 0.245 e. The second-order valence-corrected chi connectivity index (χ2v) is 7.79. The summed E-state index contributed by atoms with van der Waals surface area (Å²) in [5.41, 5.74) is 2.17. The molecule has 4 heterocycles. The summed E-state index contributed by atoms with van der Waals surface area (Å²) in [7, 11) is 0. The fourth-order valence-corrected chi connectivity index (χ4v) is 4.05. The second-order valence-electron chi connectivity index (χ2n) is 7.79. The first-order valence-corrected chi connectivity index (χ1v) is 10.1. The van der Waals surface area contributed by atoms with Gasteiger partial charge in [-0.3, -0.25) is 14.9 Å². The van der Waals surface area contributed by atoms with E-state index in [0.717, 1.165) is 37.8 Å². The summed E-state index contributed by atoms with van der Waals surface area (Å²) in [5.74, 6) is 2.04. The van der Waals surface area contributed by atoms with Crippen molar-refractivity contribution in [1.29, 1.82) is 0 Å². The molecule has 0 atom stereocenters. The predicted molar refractivity (Wildman–Crippen MR) is 109 cm³/mol. The van der Waals surface area contributed by atoms with E-state index in [-0.39, 0.29) is 18.6 Å². The van der Waals surface area contributed by atoms with Gasteiger partial charge in [0.15, 0.2) is 17.5 Å². The number of carbonyl (C=O) groups is 1. The highest BCUT2D eigenvalue weighted by Crippen LogP contribution is 2.32. The lowest BCUT2D eigenvalue weighted by Gasteiger charge is -2.34. The number of pyridine rings is 1. The van der Waals surface area contributed by atoms with E-state index in [2.05, 4.69) is 30.5 Å². The van der Waals surface area contributed by atoms with Crippen molar-refractivity contribution < 1.29 is 9.90 Å². The fraction of sp³-hybridized carbons (Fsp3) is 0.400. The van der Waals surface area contributed by atoms with Crippen molar-refractivity contribution in [2.75, 3.05) is 23.3 Å². The Kier molecular flexibility index (Phi) is 4.83. The van der Waals surface area contributed by atoms with E-state index in [4.69, 9.17) is 4.98 Å². The molecule has 1 aliphatic heterocycles. The van der Waals surface area contributed by atoms with Gasteiger partial charge >= 0.3 is 0 Å². The minimum atomic E-state index is -0.197. The SMILES string of the molecule is O=C1CN(C[C@H]2CC[C@H](O)CC2)c2nc(-c3ccc(-c4nc[nH]n4)nc3)cnc2N1. The molecule has 2 aliphatic rings. The first-order chi connectivity index (χ1) is 14.7. The van der Waals surface area contributed by atoms with E-state index in [1.165, 1.54) is 6.33 Å². The Hall–Kier alpha value is -3.40. The summed E-state index contributed by atoms with van der Waals surface area (Å²) >= 11 is 0. The summed E-state index contributed by atoms with van der Waals surface area (Å²) in [6.07, 6.45) is 8.20. The maximum absolute atomic E-state index is 12.1. The molecule has 1 aliphatic carbocycles. The van der Waals surface area contributed by atoms with Crippen LogP contribution in [0.25, 0.3) is 22.8 Å². The number of aromatic nitrogens is 6. The average molecular weight is 406 g/mol. The van der Waals surface area contributed by atoms with Gasteiger partial charge in [-0.15, -0.1) is 0 Å². The van der Waals surface area contributed by atoms with Gasteiger partial charge < -0.3 is 15.3 Å². The molecule has 1 amide bonds. The van der Waals surface area contributed by atoms with Crippen molar-refractivity contribution in [2.45, 2.75) is 31.8 Å². The Labute approximate surface area is 172 Å². The molecule has 0 spiro atoms. The number of nitrogens with one attached hydrogen (secondary N) is 2. The Morgan fingerprint density at radius 3 is 2.67 bits per heavy atom. The van der Waals surface area contributed by atoms with Gasteiger partial charge in [0.25, 0.3) is 0 Å². The number of amides is 1. The van der Waals surface area contributed by atoms with Crippen LogP contribution in [0.2, 0.25) is 0 Å². The lowest BCUT2D eigenvalue weighted by Crippen LogP contribution is -2.42. The molecule has 3 aromatic heterocycles. The standard InChI is InChI=1S/C20H22N8O2/c29-14-4-1-12(2-5-14)9-28-10-17(30)26-19-20(28)25-16(8-22-19)13-3-6-15(21-7-13)18-23-11-24-27-18/h3,6-8,11-12,14,29H,1-2,4-5,9-10H2,(H,22,26,30)(H,23,24,27)/t12-,14-. The summed E-state index contributed by atoms with van der Waals surface area (Å²) in [4.78, 5) is 31.9. The Morgan fingerprint density at radius 2 is 1.93 bits per heavy atom. The van der Waals surface area contributed by atoms with Gasteiger partial charge in [0.2, 0.25) is 5.91 Å². The zero-order valence-electron chi connectivity index (χ0n) is 16.3. The van der Waals surface area contributed by atoms with Crippen molar-refractivity contribution in [3.63, 3.8) is 0 Å². The number of fused-ring (bicyclic) bond motifs is 1. The predicted octanol–water partition coefficient (Wildman–Crippen LogP) is 1.63. The van der Waals surface area contributed by atoms with Gasteiger partial charge in [0, 0.05) is 18.3 Å². The quantitative estimate of drug-likeness (QED) is 0.595. The number of aliphatic hydroxyl groups excluding tert-OH is 1. The molecule has 0 bridgehead atoms. The van der Waals surface area contributed by atoms with Crippen molar-refractivity contribution in [2.24, 2.45) is 5.92 Å². The van der Waals surface area contributed by atoms with E-state index in [0.29, 0.717) is 34.8 Å².